The highest BCUT2D eigenvalue weighted by Gasteiger charge is 2.22. The third kappa shape index (κ3) is 3.94. The molecule has 0 aliphatic carbocycles. The topological polar surface area (TPSA) is 45.7 Å². The minimum absolute atomic E-state index is 0.115. The predicted octanol–water partition coefficient (Wildman–Crippen LogP) is 2.60. The number of nitrogens with zero attached hydrogens (tertiary/aromatic N) is 3. The van der Waals surface area contributed by atoms with E-state index in [0.717, 1.165) is 25.0 Å². The molecule has 1 aliphatic heterocycles. The molecule has 5 nitrogen and oxygen atoms in total. The summed E-state index contributed by atoms with van der Waals surface area (Å²) in [5.41, 5.74) is 0. The van der Waals surface area contributed by atoms with E-state index in [-0.39, 0.29) is 17.5 Å². The summed E-state index contributed by atoms with van der Waals surface area (Å²) in [5, 5.41) is 0.155. The molecule has 2 aromatic rings. The van der Waals surface area contributed by atoms with Crippen LogP contribution >= 0.6 is 11.6 Å². The highest BCUT2D eigenvalue weighted by atomic mass is 35.5. The van der Waals surface area contributed by atoms with Crippen molar-refractivity contribution in [3.63, 3.8) is 0 Å². The Morgan fingerprint density at radius 2 is 2.00 bits per heavy atom. The first-order valence-corrected chi connectivity index (χ1v) is 8.03. The van der Waals surface area contributed by atoms with Crippen LogP contribution in [0.1, 0.15) is 0 Å². The van der Waals surface area contributed by atoms with E-state index in [1.54, 1.807) is 11.1 Å². The van der Waals surface area contributed by atoms with Crippen molar-refractivity contribution in [1.29, 1.82) is 0 Å². The summed E-state index contributed by atoms with van der Waals surface area (Å²) in [7, 11) is 0. The number of benzene rings is 1. The second-order valence-electron chi connectivity index (χ2n) is 5.42. The molecule has 7 heteroatoms. The molecule has 0 saturated carbocycles. The van der Waals surface area contributed by atoms with Gasteiger partial charge in [-0.2, -0.15) is 0 Å². The Morgan fingerprint density at radius 3 is 2.67 bits per heavy atom. The van der Waals surface area contributed by atoms with Crippen molar-refractivity contribution in [3.05, 3.63) is 53.4 Å². The number of anilines is 1. The number of halogens is 2. The lowest BCUT2D eigenvalue weighted by Crippen LogP contribution is -2.50. The molecule has 1 aromatic carbocycles. The Kier molecular flexibility index (Phi) is 5.15. The van der Waals surface area contributed by atoms with Crippen LogP contribution in [0.4, 0.5) is 10.2 Å². The van der Waals surface area contributed by atoms with Crippen molar-refractivity contribution in [2.75, 3.05) is 37.7 Å². The molecule has 126 valence electrons. The molecule has 0 radical (unpaired) electrons. The van der Waals surface area contributed by atoms with E-state index in [4.69, 9.17) is 16.3 Å². The second-order valence-corrected chi connectivity index (χ2v) is 5.83. The molecule has 1 aromatic heterocycles. The summed E-state index contributed by atoms with van der Waals surface area (Å²) >= 11 is 5.88. The van der Waals surface area contributed by atoms with Crippen LogP contribution in [-0.4, -0.2) is 48.6 Å². The van der Waals surface area contributed by atoms with Crippen molar-refractivity contribution in [2.45, 2.75) is 0 Å². The molecule has 1 fully saturated rings. The number of pyridine rings is 1. The molecule has 0 spiro atoms. The van der Waals surface area contributed by atoms with E-state index < -0.39 is 5.82 Å². The third-order valence-electron chi connectivity index (χ3n) is 3.85. The van der Waals surface area contributed by atoms with E-state index in [1.165, 1.54) is 12.1 Å². The third-order valence-corrected chi connectivity index (χ3v) is 4.15. The van der Waals surface area contributed by atoms with Crippen molar-refractivity contribution in [2.24, 2.45) is 0 Å². The van der Waals surface area contributed by atoms with Gasteiger partial charge < -0.3 is 14.5 Å². The fourth-order valence-electron chi connectivity index (χ4n) is 2.55. The van der Waals surface area contributed by atoms with Crippen molar-refractivity contribution in [3.8, 4) is 5.75 Å². The summed E-state index contributed by atoms with van der Waals surface area (Å²) in [5.74, 6) is 0.665. The number of rotatable bonds is 4. The molecule has 3 rings (SSSR count). The largest absolute Gasteiger partial charge is 0.482 e. The van der Waals surface area contributed by atoms with Crippen LogP contribution in [0, 0.1) is 5.82 Å². The summed E-state index contributed by atoms with van der Waals surface area (Å²) in [6.45, 7) is 2.54. The minimum Gasteiger partial charge on any atom is -0.482 e. The van der Waals surface area contributed by atoms with Gasteiger partial charge in [-0.25, -0.2) is 9.37 Å². The first-order valence-electron chi connectivity index (χ1n) is 7.65. The quantitative estimate of drug-likeness (QED) is 0.851. The maximum Gasteiger partial charge on any atom is 0.260 e. The number of ether oxygens (including phenoxy) is 1. The molecule has 2 heterocycles. The average molecular weight is 350 g/mol. The molecule has 0 unspecified atom stereocenters. The molecule has 1 amide bonds. The monoisotopic (exact) mass is 349 g/mol. The molecule has 1 saturated heterocycles. The van der Waals surface area contributed by atoms with Crippen LogP contribution in [0.2, 0.25) is 5.02 Å². The average Bonchev–Trinajstić information content (AvgIpc) is 2.62. The predicted molar refractivity (Wildman–Crippen MR) is 89.9 cm³/mol. The van der Waals surface area contributed by atoms with Gasteiger partial charge in [0.15, 0.2) is 6.61 Å². The van der Waals surface area contributed by atoms with Gasteiger partial charge in [0.25, 0.3) is 5.91 Å². The molecule has 0 bridgehead atoms. The van der Waals surface area contributed by atoms with E-state index in [9.17, 15) is 9.18 Å². The minimum atomic E-state index is -0.440. The molecular formula is C17H17ClFN3O2. The summed E-state index contributed by atoms with van der Waals surface area (Å²) in [6, 6.07) is 9.60. The Morgan fingerprint density at radius 1 is 1.21 bits per heavy atom. The van der Waals surface area contributed by atoms with Crippen LogP contribution in [-0.2, 0) is 4.79 Å². The smallest absolute Gasteiger partial charge is 0.260 e. The number of carbonyl (C=O) groups is 1. The molecule has 0 N–H and O–H groups in total. The van der Waals surface area contributed by atoms with Gasteiger partial charge in [-0.3, -0.25) is 4.79 Å². The lowest BCUT2D eigenvalue weighted by atomic mass is 10.3. The molecular weight excluding hydrogens is 333 g/mol. The summed E-state index contributed by atoms with van der Waals surface area (Å²) in [6.07, 6.45) is 1.76. The molecule has 0 atom stereocenters. The van der Waals surface area contributed by atoms with Gasteiger partial charge in [-0.15, -0.1) is 0 Å². The van der Waals surface area contributed by atoms with E-state index in [1.807, 2.05) is 18.2 Å². The lowest BCUT2D eigenvalue weighted by Gasteiger charge is -2.35. The van der Waals surface area contributed by atoms with E-state index >= 15 is 0 Å². The molecule has 1 aliphatic rings. The second kappa shape index (κ2) is 7.49. The Hall–Kier alpha value is -2.34. The standard InChI is InChI=1S/C17H17ClFN3O2/c18-14-11-13(19)4-5-15(14)24-12-17(23)22-9-7-21(8-10-22)16-3-1-2-6-20-16/h1-6,11H,7-10,12H2. The normalized spacial score (nSPS) is 14.6. The number of amides is 1. The van der Waals surface area contributed by atoms with Crippen molar-refractivity contribution in [1.82, 2.24) is 9.88 Å². The number of aromatic nitrogens is 1. The number of hydrogen-bond donors (Lipinski definition) is 0. The van der Waals surface area contributed by atoms with Crippen LogP contribution in [0.15, 0.2) is 42.6 Å². The number of hydrogen-bond acceptors (Lipinski definition) is 4. The Balaban J connectivity index is 1.50. The SMILES string of the molecule is O=C(COc1ccc(F)cc1Cl)N1CCN(c2ccccn2)CC1. The maximum atomic E-state index is 13.0. The number of carbonyl (C=O) groups excluding carboxylic acids is 1. The van der Waals surface area contributed by atoms with Crippen molar-refractivity contribution >= 4 is 23.3 Å². The van der Waals surface area contributed by atoms with Crippen LogP contribution in [0.25, 0.3) is 0 Å². The molecule has 24 heavy (non-hydrogen) atoms. The first kappa shape index (κ1) is 16.5. The maximum absolute atomic E-state index is 13.0. The summed E-state index contributed by atoms with van der Waals surface area (Å²) < 4.78 is 18.4. The fraction of sp³-hybridized carbons (Fsp3) is 0.294. The zero-order valence-corrected chi connectivity index (χ0v) is 13.7. The van der Waals surface area contributed by atoms with Crippen molar-refractivity contribution < 1.29 is 13.9 Å². The van der Waals surface area contributed by atoms with Gasteiger partial charge in [0, 0.05) is 32.4 Å². The van der Waals surface area contributed by atoms with Crippen LogP contribution in [0.5, 0.6) is 5.75 Å². The zero-order chi connectivity index (χ0) is 16.9. The first-order chi connectivity index (χ1) is 11.6. The Bertz CT molecular complexity index is 706. The van der Waals surface area contributed by atoms with Gasteiger partial charge in [0.05, 0.1) is 5.02 Å². The lowest BCUT2D eigenvalue weighted by molar-refractivity contribution is -0.133. The van der Waals surface area contributed by atoms with Crippen LogP contribution < -0.4 is 9.64 Å². The summed E-state index contributed by atoms with van der Waals surface area (Å²) in [4.78, 5) is 20.4. The Labute approximate surface area is 144 Å². The van der Waals surface area contributed by atoms with Crippen LogP contribution in [0.3, 0.4) is 0 Å². The highest BCUT2D eigenvalue weighted by molar-refractivity contribution is 6.32. The fourth-order valence-corrected chi connectivity index (χ4v) is 2.77. The van der Waals surface area contributed by atoms with Gasteiger partial charge in [0.2, 0.25) is 0 Å². The van der Waals surface area contributed by atoms with Gasteiger partial charge >= 0.3 is 0 Å². The van der Waals surface area contributed by atoms with Gasteiger partial charge in [0.1, 0.15) is 17.4 Å². The van der Waals surface area contributed by atoms with Gasteiger partial charge in [-0.1, -0.05) is 17.7 Å². The van der Waals surface area contributed by atoms with Gasteiger partial charge in [-0.05, 0) is 30.3 Å². The van der Waals surface area contributed by atoms with E-state index in [0.29, 0.717) is 18.8 Å². The zero-order valence-electron chi connectivity index (χ0n) is 13.0. The highest BCUT2D eigenvalue weighted by Crippen LogP contribution is 2.24. The number of piperazine rings is 1. The van der Waals surface area contributed by atoms with E-state index in [2.05, 4.69) is 9.88 Å².